The molecule has 0 aliphatic heterocycles. The van der Waals surface area contributed by atoms with Gasteiger partial charge in [-0.2, -0.15) is 0 Å². The highest BCUT2D eigenvalue weighted by atomic mass is 79.9. The first-order valence-corrected chi connectivity index (χ1v) is 8.42. The Morgan fingerprint density at radius 1 is 1.45 bits per heavy atom. The first-order valence-electron chi connectivity index (χ1n) is 7.63. The zero-order valence-corrected chi connectivity index (χ0v) is 14.2. The fourth-order valence-corrected chi connectivity index (χ4v) is 3.61. The summed E-state index contributed by atoms with van der Waals surface area (Å²) >= 11 is 3.44. The number of rotatable bonds is 3. The number of anilines is 1. The number of fused-ring (bicyclic) bond motifs is 1. The molecule has 0 spiro atoms. The van der Waals surface area contributed by atoms with Crippen LogP contribution in [-0.2, 0) is 13.0 Å². The second-order valence-corrected chi connectivity index (χ2v) is 6.62. The zero-order valence-electron chi connectivity index (χ0n) is 12.6. The lowest BCUT2D eigenvalue weighted by atomic mass is 9.87. The average molecular weight is 362 g/mol. The molecule has 0 saturated carbocycles. The van der Waals surface area contributed by atoms with Crippen LogP contribution in [0.3, 0.4) is 0 Å². The van der Waals surface area contributed by atoms with E-state index in [1.165, 1.54) is 11.1 Å². The van der Waals surface area contributed by atoms with Gasteiger partial charge in [0, 0.05) is 22.9 Å². The molecule has 1 aliphatic rings. The number of hydrogen-bond acceptors (Lipinski definition) is 2. The van der Waals surface area contributed by atoms with Gasteiger partial charge in [-0.25, -0.2) is 0 Å². The molecule has 2 aromatic rings. The van der Waals surface area contributed by atoms with Gasteiger partial charge in [0.05, 0.1) is 6.04 Å². The van der Waals surface area contributed by atoms with Crippen LogP contribution >= 0.6 is 15.9 Å². The summed E-state index contributed by atoms with van der Waals surface area (Å²) in [6, 6.07) is 7.92. The van der Waals surface area contributed by atoms with Crippen molar-refractivity contribution < 1.29 is 4.79 Å². The minimum absolute atomic E-state index is 0.0257. The normalized spacial score (nSPS) is 17.1. The van der Waals surface area contributed by atoms with E-state index in [1.807, 2.05) is 42.0 Å². The van der Waals surface area contributed by atoms with Crippen LogP contribution in [0.2, 0.25) is 0 Å². The van der Waals surface area contributed by atoms with Gasteiger partial charge in [0.15, 0.2) is 0 Å². The lowest BCUT2D eigenvalue weighted by Crippen LogP contribution is -2.32. The van der Waals surface area contributed by atoms with Gasteiger partial charge in [0.2, 0.25) is 0 Å². The molecule has 1 aliphatic carbocycles. The maximum absolute atomic E-state index is 12.6. The standard InChI is InChI=1S/C17H20BrN3O/c1-2-21-10-12(18)9-16(21)17(22)20-15-5-3-4-11-8-13(19)6-7-14(11)15/h6-10,15H,2-5,19H2,1H3,(H,20,22). The highest BCUT2D eigenvalue weighted by Crippen LogP contribution is 2.31. The summed E-state index contributed by atoms with van der Waals surface area (Å²) in [5.41, 5.74) is 9.79. The molecule has 1 amide bonds. The number of amides is 1. The summed E-state index contributed by atoms with van der Waals surface area (Å²) in [6.45, 7) is 2.80. The number of nitrogens with two attached hydrogens (primary N) is 1. The molecule has 1 aromatic carbocycles. The fraction of sp³-hybridized carbons (Fsp3) is 0.353. The largest absolute Gasteiger partial charge is 0.399 e. The van der Waals surface area contributed by atoms with Crippen molar-refractivity contribution in [3.05, 3.63) is 51.8 Å². The first kappa shape index (κ1) is 15.2. The van der Waals surface area contributed by atoms with Crippen LogP contribution in [0.15, 0.2) is 34.9 Å². The van der Waals surface area contributed by atoms with Gasteiger partial charge in [-0.1, -0.05) is 6.07 Å². The van der Waals surface area contributed by atoms with E-state index in [2.05, 4.69) is 21.2 Å². The van der Waals surface area contributed by atoms with Crippen molar-refractivity contribution >= 4 is 27.5 Å². The van der Waals surface area contributed by atoms with Gasteiger partial charge < -0.3 is 15.6 Å². The maximum Gasteiger partial charge on any atom is 0.268 e. The molecule has 1 heterocycles. The quantitative estimate of drug-likeness (QED) is 0.819. The molecule has 5 heteroatoms. The fourth-order valence-electron chi connectivity index (χ4n) is 3.14. The van der Waals surface area contributed by atoms with Gasteiger partial charge in [-0.3, -0.25) is 4.79 Å². The van der Waals surface area contributed by atoms with E-state index in [0.717, 1.165) is 36.0 Å². The summed E-state index contributed by atoms with van der Waals surface area (Å²) in [5.74, 6) is -0.0257. The van der Waals surface area contributed by atoms with Gasteiger partial charge >= 0.3 is 0 Å². The third kappa shape index (κ3) is 2.90. The van der Waals surface area contributed by atoms with Crippen molar-refractivity contribution in [1.29, 1.82) is 0 Å². The molecule has 1 aromatic heterocycles. The minimum atomic E-state index is -0.0257. The molecule has 0 saturated heterocycles. The zero-order chi connectivity index (χ0) is 15.7. The maximum atomic E-state index is 12.6. The Bertz CT molecular complexity index is 708. The highest BCUT2D eigenvalue weighted by Gasteiger charge is 2.23. The van der Waals surface area contributed by atoms with Crippen molar-refractivity contribution in [3.8, 4) is 0 Å². The van der Waals surface area contributed by atoms with Crippen LogP contribution in [0.25, 0.3) is 0 Å². The average Bonchev–Trinajstić information content (AvgIpc) is 2.88. The van der Waals surface area contributed by atoms with Crippen molar-refractivity contribution in [2.45, 2.75) is 38.8 Å². The molecular weight excluding hydrogens is 342 g/mol. The number of benzene rings is 1. The molecule has 0 bridgehead atoms. The summed E-state index contributed by atoms with van der Waals surface area (Å²) in [5, 5.41) is 3.18. The Kier molecular flexibility index (Phi) is 4.25. The molecule has 1 unspecified atom stereocenters. The Balaban J connectivity index is 1.83. The second kappa shape index (κ2) is 6.16. The second-order valence-electron chi connectivity index (χ2n) is 5.71. The predicted molar refractivity (Wildman–Crippen MR) is 91.8 cm³/mol. The third-order valence-corrected chi connectivity index (χ3v) is 4.66. The van der Waals surface area contributed by atoms with Crippen molar-refractivity contribution in [1.82, 2.24) is 9.88 Å². The lowest BCUT2D eigenvalue weighted by molar-refractivity contribution is 0.0923. The Morgan fingerprint density at radius 2 is 2.27 bits per heavy atom. The number of nitrogens with zero attached hydrogens (tertiary/aromatic N) is 1. The van der Waals surface area contributed by atoms with Gasteiger partial charge in [0.1, 0.15) is 5.69 Å². The number of aromatic nitrogens is 1. The van der Waals surface area contributed by atoms with Gasteiger partial charge in [-0.05, 0) is 71.4 Å². The topological polar surface area (TPSA) is 60.0 Å². The van der Waals surface area contributed by atoms with Crippen LogP contribution in [0.1, 0.15) is 47.4 Å². The predicted octanol–water partition coefficient (Wildman–Crippen LogP) is 3.66. The summed E-state index contributed by atoms with van der Waals surface area (Å²) in [7, 11) is 0. The number of hydrogen-bond donors (Lipinski definition) is 2. The molecule has 0 radical (unpaired) electrons. The lowest BCUT2D eigenvalue weighted by Gasteiger charge is -2.26. The van der Waals surface area contributed by atoms with E-state index in [0.29, 0.717) is 5.69 Å². The SMILES string of the molecule is CCn1cc(Br)cc1C(=O)NC1CCCc2cc(N)ccc21. The number of halogens is 1. The van der Waals surface area contributed by atoms with Crippen LogP contribution in [0, 0.1) is 0 Å². The van der Waals surface area contributed by atoms with Crippen LogP contribution < -0.4 is 11.1 Å². The molecule has 0 fully saturated rings. The van der Waals surface area contributed by atoms with Gasteiger partial charge in [-0.15, -0.1) is 0 Å². The molecule has 3 rings (SSSR count). The van der Waals surface area contributed by atoms with Gasteiger partial charge in [0.25, 0.3) is 5.91 Å². The summed E-state index contributed by atoms with van der Waals surface area (Å²) in [6.07, 6.45) is 5.00. The number of carbonyl (C=O) groups is 1. The first-order chi connectivity index (χ1) is 10.6. The Morgan fingerprint density at radius 3 is 3.05 bits per heavy atom. The third-order valence-electron chi connectivity index (χ3n) is 4.22. The molecule has 3 N–H and O–H groups in total. The smallest absolute Gasteiger partial charge is 0.268 e. The highest BCUT2D eigenvalue weighted by molar-refractivity contribution is 9.10. The number of nitrogen functional groups attached to an aromatic ring is 1. The molecule has 1 atom stereocenters. The summed E-state index contributed by atoms with van der Waals surface area (Å²) in [4.78, 5) is 12.6. The summed E-state index contributed by atoms with van der Waals surface area (Å²) < 4.78 is 2.88. The van der Waals surface area contributed by atoms with E-state index in [1.54, 1.807) is 0 Å². The monoisotopic (exact) mass is 361 g/mol. The van der Waals surface area contributed by atoms with Crippen LogP contribution in [0.5, 0.6) is 0 Å². The molecule has 22 heavy (non-hydrogen) atoms. The van der Waals surface area contributed by atoms with Crippen LogP contribution in [0.4, 0.5) is 5.69 Å². The van der Waals surface area contributed by atoms with Crippen molar-refractivity contribution in [3.63, 3.8) is 0 Å². The van der Waals surface area contributed by atoms with Crippen molar-refractivity contribution in [2.24, 2.45) is 0 Å². The molecule has 116 valence electrons. The van der Waals surface area contributed by atoms with E-state index in [9.17, 15) is 4.79 Å². The van der Waals surface area contributed by atoms with Crippen LogP contribution in [-0.4, -0.2) is 10.5 Å². The Hall–Kier alpha value is -1.75. The Labute approximate surface area is 138 Å². The van der Waals surface area contributed by atoms with Crippen molar-refractivity contribution in [2.75, 3.05) is 5.73 Å². The molecule has 4 nitrogen and oxygen atoms in total. The number of carbonyl (C=O) groups excluding carboxylic acids is 1. The number of nitrogens with one attached hydrogen (secondary N) is 1. The number of aryl methyl sites for hydroxylation is 2. The van der Waals surface area contributed by atoms with E-state index in [-0.39, 0.29) is 11.9 Å². The molecular formula is C17H20BrN3O. The minimum Gasteiger partial charge on any atom is -0.399 e. The van der Waals surface area contributed by atoms with E-state index < -0.39 is 0 Å². The van der Waals surface area contributed by atoms with E-state index >= 15 is 0 Å². The van der Waals surface area contributed by atoms with E-state index in [4.69, 9.17) is 5.73 Å².